The van der Waals surface area contributed by atoms with Gasteiger partial charge in [-0.1, -0.05) is 6.07 Å². The highest BCUT2D eigenvalue weighted by Crippen LogP contribution is 2.44. The number of nitrogens with zero attached hydrogens (tertiary/aromatic N) is 2. The van der Waals surface area contributed by atoms with Crippen LogP contribution >= 0.6 is 0 Å². The van der Waals surface area contributed by atoms with Crippen LogP contribution in [0.25, 0.3) is 0 Å². The molecule has 1 aromatic carbocycles. The van der Waals surface area contributed by atoms with E-state index >= 15 is 0 Å². The predicted octanol–water partition coefficient (Wildman–Crippen LogP) is 2.12. The maximum Gasteiger partial charge on any atom is 0.126 e. The number of aliphatic hydroxyl groups excluding tert-OH is 1. The van der Waals surface area contributed by atoms with Crippen molar-refractivity contribution < 1.29 is 9.84 Å². The van der Waals surface area contributed by atoms with Gasteiger partial charge in [0, 0.05) is 31.7 Å². The minimum Gasteiger partial charge on any atom is -0.486 e. The van der Waals surface area contributed by atoms with Crippen LogP contribution in [0.5, 0.6) is 5.75 Å². The molecule has 0 amide bonds. The third-order valence-electron chi connectivity index (χ3n) is 5.10. The monoisotopic (exact) mass is 304 g/mol. The van der Waals surface area contributed by atoms with E-state index < -0.39 is 11.7 Å². The largest absolute Gasteiger partial charge is 0.486 e. The summed E-state index contributed by atoms with van der Waals surface area (Å²) in [5.74, 6) is 0.848. The number of aliphatic hydroxyl groups is 1. The van der Waals surface area contributed by atoms with Crippen molar-refractivity contribution in [2.75, 3.05) is 33.2 Å². The van der Waals surface area contributed by atoms with E-state index in [2.05, 4.69) is 50.6 Å². The molecular formula is C18H28N2O2. The molecule has 2 unspecified atom stereocenters. The molecule has 2 aliphatic rings. The average Bonchev–Trinajstić information content (AvgIpc) is 2.38. The lowest BCUT2D eigenvalue weighted by atomic mass is 9.82. The second kappa shape index (κ2) is 5.52. The lowest BCUT2D eigenvalue weighted by Crippen LogP contribution is -2.61. The smallest absolute Gasteiger partial charge is 0.126 e. The summed E-state index contributed by atoms with van der Waals surface area (Å²) in [5.41, 5.74) is 2.87. The maximum atomic E-state index is 11.1. The summed E-state index contributed by atoms with van der Waals surface area (Å²) in [6.45, 7) is 12.4. The highest BCUT2D eigenvalue weighted by molar-refractivity contribution is 5.47. The molecule has 3 rings (SSSR count). The molecule has 1 saturated heterocycles. The van der Waals surface area contributed by atoms with Crippen molar-refractivity contribution in [3.05, 3.63) is 28.8 Å². The highest BCUT2D eigenvalue weighted by atomic mass is 16.5. The van der Waals surface area contributed by atoms with Gasteiger partial charge in [0.15, 0.2) is 0 Å². The Labute approximate surface area is 133 Å². The third-order valence-corrected chi connectivity index (χ3v) is 5.10. The fourth-order valence-corrected chi connectivity index (χ4v) is 4.02. The summed E-state index contributed by atoms with van der Waals surface area (Å²) in [5, 5.41) is 11.1. The minimum atomic E-state index is -0.497. The van der Waals surface area contributed by atoms with Gasteiger partial charge in [-0.25, -0.2) is 0 Å². The van der Waals surface area contributed by atoms with Gasteiger partial charge in [0.05, 0.1) is 6.04 Å². The minimum absolute atomic E-state index is 0.00453. The normalized spacial score (nSPS) is 29.0. The van der Waals surface area contributed by atoms with Gasteiger partial charge in [0.25, 0.3) is 0 Å². The fourth-order valence-electron chi connectivity index (χ4n) is 4.02. The van der Waals surface area contributed by atoms with Crippen LogP contribution in [0.4, 0.5) is 0 Å². The maximum absolute atomic E-state index is 11.1. The number of benzene rings is 1. The molecule has 22 heavy (non-hydrogen) atoms. The zero-order valence-corrected chi connectivity index (χ0v) is 14.4. The zero-order chi connectivity index (χ0) is 16.1. The first-order valence-corrected chi connectivity index (χ1v) is 8.20. The SMILES string of the molecule is Cc1cc(C)c2c(c1)OC(C)(C)C(N1CCN(C)CC1)C2O. The summed E-state index contributed by atoms with van der Waals surface area (Å²) in [7, 11) is 2.15. The Hall–Kier alpha value is -1.10. The zero-order valence-electron chi connectivity index (χ0n) is 14.4. The molecular weight excluding hydrogens is 276 g/mol. The van der Waals surface area contributed by atoms with Crippen molar-refractivity contribution in [3.8, 4) is 5.75 Å². The van der Waals surface area contributed by atoms with Crippen LogP contribution in [0, 0.1) is 13.8 Å². The summed E-state index contributed by atoms with van der Waals surface area (Å²) in [6, 6.07) is 4.17. The Morgan fingerprint density at radius 2 is 1.77 bits per heavy atom. The fraction of sp³-hybridized carbons (Fsp3) is 0.667. The Balaban J connectivity index is 1.97. The molecule has 122 valence electrons. The van der Waals surface area contributed by atoms with E-state index in [4.69, 9.17) is 4.74 Å². The van der Waals surface area contributed by atoms with Gasteiger partial charge in [0.2, 0.25) is 0 Å². The van der Waals surface area contributed by atoms with Gasteiger partial charge in [-0.05, 0) is 51.9 Å². The molecule has 1 fully saturated rings. The molecule has 0 bridgehead atoms. The highest BCUT2D eigenvalue weighted by Gasteiger charge is 2.47. The first-order chi connectivity index (χ1) is 10.3. The number of hydrogen-bond acceptors (Lipinski definition) is 4. The lowest BCUT2D eigenvalue weighted by molar-refractivity contribution is -0.0921. The standard InChI is InChI=1S/C18H28N2O2/c1-12-10-13(2)15-14(11-12)22-18(3,4)17(16(15)21)20-8-6-19(5)7-9-20/h10-11,16-17,21H,6-9H2,1-5H3. The van der Waals surface area contributed by atoms with Crippen molar-refractivity contribution >= 4 is 0 Å². The first-order valence-electron chi connectivity index (χ1n) is 8.20. The molecule has 2 atom stereocenters. The third kappa shape index (κ3) is 2.64. The van der Waals surface area contributed by atoms with Crippen LogP contribution in [-0.2, 0) is 0 Å². The van der Waals surface area contributed by atoms with E-state index in [1.807, 2.05) is 6.07 Å². The Morgan fingerprint density at radius 3 is 2.41 bits per heavy atom. The second-order valence-corrected chi connectivity index (χ2v) is 7.43. The quantitative estimate of drug-likeness (QED) is 0.862. The number of piperazine rings is 1. The van der Waals surface area contributed by atoms with E-state index in [-0.39, 0.29) is 6.04 Å². The van der Waals surface area contributed by atoms with E-state index in [1.165, 1.54) is 5.56 Å². The predicted molar refractivity (Wildman–Crippen MR) is 88.4 cm³/mol. The summed E-state index contributed by atoms with van der Waals surface area (Å²) in [6.07, 6.45) is -0.497. The Kier molecular flexibility index (Phi) is 3.96. The molecule has 1 N–H and O–H groups in total. The van der Waals surface area contributed by atoms with Gasteiger partial charge < -0.3 is 14.7 Å². The Bertz CT molecular complexity index is 562. The summed E-state index contributed by atoms with van der Waals surface area (Å²) >= 11 is 0. The van der Waals surface area contributed by atoms with E-state index in [0.29, 0.717) is 0 Å². The molecule has 2 aliphatic heterocycles. The van der Waals surface area contributed by atoms with Crippen molar-refractivity contribution in [1.29, 1.82) is 0 Å². The summed E-state index contributed by atoms with van der Waals surface area (Å²) in [4.78, 5) is 4.73. The first kappa shape index (κ1) is 15.8. The van der Waals surface area contributed by atoms with Crippen LogP contribution in [0.15, 0.2) is 12.1 Å². The molecule has 0 radical (unpaired) electrons. The van der Waals surface area contributed by atoms with Crippen LogP contribution in [-0.4, -0.2) is 59.8 Å². The number of likely N-dealkylation sites (N-methyl/N-ethyl adjacent to an activating group) is 1. The van der Waals surface area contributed by atoms with Crippen LogP contribution in [0.1, 0.15) is 36.6 Å². The van der Waals surface area contributed by atoms with Crippen molar-refractivity contribution in [2.45, 2.75) is 45.4 Å². The van der Waals surface area contributed by atoms with Crippen LogP contribution in [0.2, 0.25) is 0 Å². The van der Waals surface area contributed by atoms with Gasteiger partial charge in [-0.15, -0.1) is 0 Å². The topological polar surface area (TPSA) is 35.9 Å². The van der Waals surface area contributed by atoms with Gasteiger partial charge in [0.1, 0.15) is 17.5 Å². The number of ether oxygens (including phenoxy) is 1. The van der Waals surface area contributed by atoms with Crippen molar-refractivity contribution in [2.24, 2.45) is 0 Å². The number of hydrogen-bond donors (Lipinski definition) is 1. The number of rotatable bonds is 1. The van der Waals surface area contributed by atoms with Gasteiger partial charge >= 0.3 is 0 Å². The average molecular weight is 304 g/mol. The van der Waals surface area contributed by atoms with E-state index in [1.54, 1.807) is 0 Å². The number of fused-ring (bicyclic) bond motifs is 1. The Morgan fingerprint density at radius 1 is 1.14 bits per heavy atom. The van der Waals surface area contributed by atoms with Crippen molar-refractivity contribution in [1.82, 2.24) is 9.80 Å². The van der Waals surface area contributed by atoms with Gasteiger partial charge in [-0.3, -0.25) is 4.90 Å². The molecule has 4 nitrogen and oxygen atoms in total. The molecule has 2 heterocycles. The molecule has 0 aliphatic carbocycles. The molecule has 1 aromatic rings. The summed E-state index contributed by atoms with van der Waals surface area (Å²) < 4.78 is 6.33. The molecule has 0 aromatic heterocycles. The second-order valence-electron chi connectivity index (χ2n) is 7.43. The van der Waals surface area contributed by atoms with E-state index in [0.717, 1.165) is 43.1 Å². The van der Waals surface area contributed by atoms with E-state index in [9.17, 15) is 5.11 Å². The van der Waals surface area contributed by atoms with Crippen LogP contribution < -0.4 is 4.74 Å². The van der Waals surface area contributed by atoms with Crippen LogP contribution in [0.3, 0.4) is 0 Å². The molecule has 0 saturated carbocycles. The van der Waals surface area contributed by atoms with Crippen molar-refractivity contribution in [3.63, 3.8) is 0 Å². The molecule has 0 spiro atoms. The number of aryl methyl sites for hydroxylation is 2. The lowest BCUT2D eigenvalue weighted by Gasteiger charge is -2.50. The van der Waals surface area contributed by atoms with Gasteiger partial charge in [-0.2, -0.15) is 0 Å². The molecule has 4 heteroatoms.